The molecule has 0 atom stereocenters. The number of rotatable bonds is 8. The first kappa shape index (κ1) is 34.0. The SMILES string of the molecule is COc1c([N+](=O)[O-])ccc(Oc2ccc([N+](=O)[O-])c(OC)c2-c2ccc(C(F)(F)F)cc2I)c1-c1ccc(C(F)(F)F)cc1I. The fourth-order valence-electron chi connectivity index (χ4n) is 4.40. The van der Waals surface area contributed by atoms with Gasteiger partial charge in [-0.25, -0.2) is 0 Å². The predicted octanol–water partition coefficient (Wildman–Crippen LogP) is 9.89. The zero-order valence-electron chi connectivity index (χ0n) is 22.5. The van der Waals surface area contributed by atoms with E-state index in [0.717, 1.165) is 74.9 Å². The third kappa shape index (κ3) is 6.87. The maximum Gasteiger partial charge on any atom is 0.416 e. The number of nitro benzene ring substituents is 2. The molecular formula is C28H16F6I2N2O7. The highest BCUT2D eigenvalue weighted by molar-refractivity contribution is 14.1. The van der Waals surface area contributed by atoms with Gasteiger partial charge in [0.25, 0.3) is 0 Å². The van der Waals surface area contributed by atoms with Crippen LogP contribution in [0.5, 0.6) is 23.0 Å². The van der Waals surface area contributed by atoms with Crippen LogP contribution in [0.4, 0.5) is 37.7 Å². The molecule has 4 aromatic rings. The average Bonchev–Trinajstić information content (AvgIpc) is 2.95. The maximum absolute atomic E-state index is 13.4. The van der Waals surface area contributed by atoms with E-state index in [1.165, 1.54) is 0 Å². The molecule has 0 aromatic heterocycles. The molecule has 0 unspecified atom stereocenters. The minimum absolute atomic E-state index is 0.0184. The lowest BCUT2D eigenvalue weighted by atomic mass is 9.99. The monoisotopic (exact) mass is 860 g/mol. The molecule has 17 heteroatoms. The van der Waals surface area contributed by atoms with Crippen molar-refractivity contribution in [3.05, 3.63) is 99.2 Å². The van der Waals surface area contributed by atoms with Gasteiger partial charge in [-0.3, -0.25) is 20.2 Å². The lowest BCUT2D eigenvalue weighted by molar-refractivity contribution is -0.385. The predicted molar refractivity (Wildman–Crippen MR) is 166 cm³/mol. The number of methoxy groups -OCH3 is 2. The Hall–Kier alpha value is -3.88. The zero-order chi connectivity index (χ0) is 33.4. The van der Waals surface area contributed by atoms with Crippen LogP contribution in [-0.4, -0.2) is 24.1 Å². The summed E-state index contributed by atoms with van der Waals surface area (Å²) in [4.78, 5) is 22.1. The van der Waals surface area contributed by atoms with E-state index in [1.807, 2.05) is 0 Å². The number of hydrogen-bond donors (Lipinski definition) is 0. The lowest BCUT2D eigenvalue weighted by Crippen LogP contribution is -2.06. The van der Waals surface area contributed by atoms with Crippen LogP contribution in [0.2, 0.25) is 0 Å². The van der Waals surface area contributed by atoms with Crippen molar-refractivity contribution in [2.45, 2.75) is 12.4 Å². The number of ether oxygens (including phenoxy) is 3. The summed E-state index contributed by atoms with van der Waals surface area (Å²) in [7, 11) is 2.22. The van der Waals surface area contributed by atoms with Gasteiger partial charge >= 0.3 is 23.7 Å². The molecule has 0 fully saturated rings. The van der Waals surface area contributed by atoms with Crippen molar-refractivity contribution < 1.29 is 50.4 Å². The maximum atomic E-state index is 13.4. The van der Waals surface area contributed by atoms with Gasteiger partial charge in [0.2, 0.25) is 11.5 Å². The van der Waals surface area contributed by atoms with Crippen molar-refractivity contribution in [3.63, 3.8) is 0 Å². The largest absolute Gasteiger partial charge is 0.490 e. The van der Waals surface area contributed by atoms with Gasteiger partial charge < -0.3 is 14.2 Å². The average molecular weight is 860 g/mol. The van der Waals surface area contributed by atoms with E-state index in [0.29, 0.717) is 0 Å². The molecule has 45 heavy (non-hydrogen) atoms. The van der Waals surface area contributed by atoms with Crippen LogP contribution in [0.3, 0.4) is 0 Å². The van der Waals surface area contributed by atoms with Crippen LogP contribution in [0.15, 0.2) is 60.7 Å². The van der Waals surface area contributed by atoms with Crippen LogP contribution in [0, 0.1) is 27.4 Å². The van der Waals surface area contributed by atoms with E-state index in [9.17, 15) is 46.6 Å². The van der Waals surface area contributed by atoms with Gasteiger partial charge in [-0.05, 0) is 81.6 Å². The van der Waals surface area contributed by atoms with Crippen molar-refractivity contribution in [1.82, 2.24) is 0 Å². The van der Waals surface area contributed by atoms with Crippen molar-refractivity contribution in [2.75, 3.05) is 14.2 Å². The van der Waals surface area contributed by atoms with Gasteiger partial charge in [0.15, 0.2) is 0 Å². The summed E-state index contributed by atoms with van der Waals surface area (Å²) in [5.41, 5.74) is -3.21. The summed E-state index contributed by atoms with van der Waals surface area (Å²) in [5, 5.41) is 23.7. The number of nitrogens with zero attached hydrogens (tertiary/aromatic N) is 2. The zero-order valence-corrected chi connectivity index (χ0v) is 26.9. The molecule has 0 aliphatic carbocycles. The van der Waals surface area contributed by atoms with Crippen molar-refractivity contribution in [1.29, 1.82) is 0 Å². The van der Waals surface area contributed by atoms with Crippen LogP contribution in [-0.2, 0) is 12.4 Å². The molecule has 236 valence electrons. The van der Waals surface area contributed by atoms with Gasteiger partial charge in [0.05, 0.1) is 46.3 Å². The third-order valence-corrected chi connectivity index (χ3v) is 8.14. The lowest BCUT2D eigenvalue weighted by Gasteiger charge is -2.20. The molecule has 0 bridgehead atoms. The van der Waals surface area contributed by atoms with E-state index in [4.69, 9.17) is 14.2 Å². The Balaban J connectivity index is 2.03. The van der Waals surface area contributed by atoms with Crippen LogP contribution in [0.25, 0.3) is 22.3 Å². The van der Waals surface area contributed by atoms with E-state index >= 15 is 0 Å². The molecule has 0 saturated carbocycles. The Morgan fingerprint density at radius 3 is 1.24 bits per heavy atom. The Morgan fingerprint density at radius 1 is 0.622 bits per heavy atom. The Labute approximate surface area is 276 Å². The van der Waals surface area contributed by atoms with E-state index in [2.05, 4.69) is 0 Å². The fraction of sp³-hybridized carbons (Fsp3) is 0.143. The molecule has 0 aliphatic heterocycles. The van der Waals surface area contributed by atoms with Crippen LogP contribution >= 0.6 is 45.2 Å². The molecule has 0 radical (unpaired) electrons. The summed E-state index contributed by atoms with van der Waals surface area (Å²) in [6.07, 6.45) is -9.37. The molecule has 0 heterocycles. The third-order valence-electron chi connectivity index (χ3n) is 6.35. The minimum Gasteiger partial charge on any atom is -0.490 e. The smallest absolute Gasteiger partial charge is 0.416 e. The molecule has 9 nitrogen and oxygen atoms in total. The van der Waals surface area contributed by atoms with Gasteiger partial charge in [-0.2, -0.15) is 26.3 Å². The summed E-state index contributed by atoms with van der Waals surface area (Å²) in [5.74, 6) is -1.10. The van der Waals surface area contributed by atoms with Gasteiger partial charge in [-0.15, -0.1) is 0 Å². The minimum atomic E-state index is -4.69. The highest BCUT2D eigenvalue weighted by Gasteiger charge is 2.34. The molecule has 0 amide bonds. The summed E-state index contributed by atoms with van der Waals surface area (Å²) in [6, 6.07) is 9.70. The first-order chi connectivity index (χ1) is 21.0. The van der Waals surface area contributed by atoms with Crippen LogP contribution in [0.1, 0.15) is 11.1 Å². The number of halogens is 8. The Morgan fingerprint density at radius 2 is 0.978 bits per heavy atom. The molecular weight excluding hydrogens is 844 g/mol. The molecule has 0 saturated heterocycles. The highest BCUT2D eigenvalue weighted by atomic mass is 127. The standard InChI is InChI=1S/C28H16F6I2N2O7/c1-43-25-19(37(39)40)7-9-21(23(25)15-5-3-13(11-17(15)35)27(29,30)31)45-22-10-8-20(38(41)42)26(44-2)24(22)16-6-4-14(12-18(16)36)28(32,33)34/h3-12H,1-2H3. The van der Waals surface area contributed by atoms with Crippen molar-refractivity contribution in [3.8, 4) is 45.3 Å². The number of benzene rings is 4. The summed E-state index contributed by atoms with van der Waals surface area (Å²) in [6.45, 7) is 0. The second-order valence-corrected chi connectivity index (χ2v) is 11.3. The Bertz CT molecular complexity index is 1700. The normalized spacial score (nSPS) is 11.7. The number of nitro groups is 2. The summed E-state index contributed by atoms with van der Waals surface area (Å²) >= 11 is 3.25. The summed E-state index contributed by atoms with van der Waals surface area (Å²) < 4.78 is 97.3. The van der Waals surface area contributed by atoms with Gasteiger partial charge in [0.1, 0.15) is 11.5 Å². The van der Waals surface area contributed by atoms with E-state index in [1.54, 1.807) is 45.2 Å². The van der Waals surface area contributed by atoms with Crippen molar-refractivity contribution >= 4 is 56.6 Å². The topological polar surface area (TPSA) is 114 Å². The van der Waals surface area contributed by atoms with E-state index in [-0.39, 0.29) is 52.4 Å². The molecule has 0 spiro atoms. The molecule has 0 N–H and O–H groups in total. The molecule has 0 aliphatic rings. The van der Waals surface area contributed by atoms with Crippen LogP contribution < -0.4 is 14.2 Å². The highest BCUT2D eigenvalue weighted by Crippen LogP contribution is 2.52. The molecule has 4 rings (SSSR count). The van der Waals surface area contributed by atoms with Gasteiger partial charge in [0, 0.05) is 30.4 Å². The number of hydrogen-bond acceptors (Lipinski definition) is 7. The quantitative estimate of drug-likeness (QED) is 0.0750. The van der Waals surface area contributed by atoms with Gasteiger partial charge in [-0.1, -0.05) is 12.1 Å². The molecule has 4 aromatic carbocycles. The Kier molecular flexibility index (Phi) is 9.71. The fourth-order valence-corrected chi connectivity index (χ4v) is 5.96. The second-order valence-electron chi connectivity index (χ2n) is 8.98. The second kappa shape index (κ2) is 12.9. The van der Waals surface area contributed by atoms with Crippen molar-refractivity contribution in [2.24, 2.45) is 0 Å². The first-order valence-electron chi connectivity index (χ1n) is 12.1. The van der Waals surface area contributed by atoms with E-state index < -0.39 is 44.7 Å². The first-order valence-corrected chi connectivity index (χ1v) is 14.3. The number of alkyl halides is 6.